The second-order valence-corrected chi connectivity index (χ2v) is 9.20. The van der Waals surface area contributed by atoms with E-state index < -0.39 is 15.8 Å². The molecule has 0 aromatic heterocycles. The molecule has 0 bridgehead atoms. The monoisotopic (exact) mass is 446 g/mol. The van der Waals surface area contributed by atoms with Crippen molar-refractivity contribution in [1.82, 2.24) is 10.2 Å². The minimum atomic E-state index is -3.58. The van der Waals surface area contributed by atoms with Crippen molar-refractivity contribution in [3.8, 4) is 0 Å². The van der Waals surface area contributed by atoms with Crippen LogP contribution in [-0.2, 0) is 19.4 Å². The Bertz CT molecular complexity index is 704. The van der Waals surface area contributed by atoms with Crippen molar-refractivity contribution in [1.29, 1.82) is 0 Å². The lowest BCUT2D eigenvalue weighted by Gasteiger charge is -2.25. The van der Waals surface area contributed by atoms with Gasteiger partial charge < -0.3 is 10.2 Å². The summed E-state index contributed by atoms with van der Waals surface area (Å²) < 4.78 is 25.9. The number of hydrogen-bond donors (Lipinski definition) is 1. The second kappa shape index (κ2) is 10.7. The minimum absolute atomic E-state index is 0.0463. The molecule has 0 saturated carbocycles. The molecule has 26 heavy (non-hydrogen) atoms. The molecule has 8 heteroatoms. The van der Waals surface area contributed by atoms with E-state index in [9.17, 15) is 18.0 Å². The number of amides is 2. The number of benzene rings is 1. The highest BCUT2D eigenvalue weighted by atomic mass is 79.9. The van der Waals surface area contributed by atoms with Gasteiger partial charge in [-0.3, -0.25) is 9.59 Å². The number of carbonyl (C=O) groups is 2. The summed E-state index contributed by atoms with van der Waals surface area (Å²) in [6.07, 6.45) is 1.51. The van der Waals surface area contributed by atoms with Crippen LogP contribution in [0.3, 0.4) is 0 Å². The van der Waals surface area contributed by atoms with Gasteiger partial charge in [-0.2, -0.15) is 0 Å². The topological polar surface area (TPSA) is 83.6 Å². The highest BCUT2D eigenvalue weighted by molar-refractivity contribution is 9.10. The molecule has 0 unspecified atom stereocenters. The van der Waals surface area contributed by atoms with Crippen LogP contribution in [0.1, 0.15) is 33.6 Å². The zero-order valence-corrected chi connectivity index (χ0v) is 17.9. The maximum Gasteiger partial charge on any atom is 0.239 e. The third kappa shape index (κ3) is 7.07. The lowest BCUT2D eigenvalue weighted by atomic mass is 10.2. The molecule has 1 aromatic carbocycles. The van der Waals surface area contributed by atoms with Crippen LogP contribution < -0.4 is 5.32 Å². The van der Waals surface area contributed by atoms with Gasteiger partial charge in [0, 0.05) is 23.5 Å². The van der Waals surface area contributed by atoms with E-state index in [1.165, 1.54) is 17.0 Å². The van der Waals surface area contributed by atoms with Crippen molar-refractivity contribution >= 4 is 37.6 Å². The molecular weight excluding hydrogens is 420 g/mol. The van der Waals surface area contributed by atoms with E-state index >= 15 is 0 Å². The third-order valence-electron chi connectivity index (χ3n) is 3.78. The van der Waals surface area contributed by atoms with Crippen molar-refractivity contribution in [3.63, 3.8) is 0 Å². The van der Waals surface area contributed by atoms with Crippen molar-refractivity contribution in [3.05, 3.63) is 28.7 Å². The molecule has 0 spiro atoms. The van der Waals surface area contributed by atoms with Crippen molar-refractivity contribution in [2.75, 3.05) is 25.4 Å². The fraction of sp³-hybridized carbons (Fsp3) is 0.556. The Morgan fingerprint density at radius 1 is 1.15 bits per heavy atom. The predicted octanol–water partition coefficient (Wildman–Crippen LogP) is 2.62. The Morgan fingerprint density at radius 3 is 2.31 bits per heavy atom. The average molecular weight is 447 g/mol. The smallest absolute Gasteiger partial charge is 0.239 e. The molecule has 0 aliphatic heterocycles. The summed E-state index contributed by atoms with van der Waals surface area (Å²) in [7, 11) is -3.58. The Kier molecular flexibility index (Phi) is 9.29. The predicted molar refractivity (Wildman–Crippen MR) is 106 cm³/mol. The van der Waals surface area contributed by atoms with Crippen LogP contribution in [0.5, 0.6) is 0 Å². The van der Waals surface area contributed by atoms with Crippen molar-refractivity contribution in [2.45, 2.75) is 38.5 Å². The number of nitrogens with one attached hydrogen (secondary N) is 1. The largest absolute Gasteiger partial charge is 0.355 e. The average Bonchev–Trinajstić information content (AvgIpc) is 2.58. The van der Waals surface area contributed by atoms with Crippen LogP contribution in [0.2, 0.25) is 0 Å². The first-order valence-electron chi connectivity index (χ1n) is 8.75. The van der Waals surface area contributed by atoms with Gasteiger partial charge in [-0.15, -0.1) is 0 Å². The molecule has 1 atom stereocenters. The summed E-state index contributed by atoms with van der Waals surface area (Å²) in [4.78, 5) is 26.2. The second-order valence-electron chi connectivity index (χ2n) is 6.25. The van der Waals surface area contributed by atoms with Gasteiger partial charge in [-0.25, -0.2) is 8.42 Å². The van der Waals surface area contributed by atoms with Gasteiger partial charge in [0.25, 0.3) is 0 Å². The third-order valence-corrected chi connectivity index (χ3v) is 6.23. The molecule has 0 aliphatic rings. The van der Waals surface area contributed by atoms with Crippen LogP contribution in [0.4, 0.5) is 0 Å². The molecule has 0 saturated heterocycles. The normalized spacial score (nSPS) is 12.5. The molecule has 2 amide bonds. The summed E-state index contributed by atoms with van der Waals surface area (Å²) >= 11 is 3.27. The number of carbonyl (C=O) groups excluding carboxylic acids is 2. The van der Waals surface area contributed by atoms with Gasteiger partial charge in [-0.05, 0) is 37.1 Å². The number of hydrogen-bond acceptors (Lipinski definition) is 4. The standard InChI is InChI=1S/C18H27BrN2O4S/c1-4-10-20-17(22)12-21(11-5-2)18(23)14(3)13-26(24,25)16-8-6-15(19)7-9-16/h6-9,14H,4-5,10-13H2,1-3H3,(H,20,22)/t14-/m0/s1. The fourth-order valence-corrected chi connectivity index (χ4v) is 4.29. The summed E-state index contributed by atoms with van der Waals surface area (Å²) in [5.41, 5.74) is 0. The summed E-state index contributed by atoms with van der Waals surface area (Å²) in [5, 5.41) is 2.74. The highest BCUT2D eigenvalue weighted by Gasteiger charge is 2.27. The van der Waals surface area contributed by atoms with E-state index in [2.05, 4.69) is 21.2 Å². The SMILES string of the molecule is CCCNC(=O)CN(CCC)C(=O)[C@@H](C)CS(=O)(=O)c1ccc(Br)cc1. The van der Waals surface area contributed by atoms with Gasteiger partial charge in [0.1, 0.15) is 0 Å². The van der Waals surface area contributed by atoms with Gasteiger partial charge in [0.05, 0.1) is 17.2 Å². The number of halogens is 1. The van der Waals surface area contributed by atoms with E-state index in [0.29, 0.717) is 19.5 Å². The molecule has 0 aliphatic carbocycles. The first-order chi connectivity index (χ1) is 12.2. The first-order valence-corrected chi connectivity index (χ1v) is 11.2. The molecule has 0 fully saturated rings. The molecule has 6 nitrogen and oxygen atoms in total. The Morgan fingerprint density at radius 2 is 1.77 bits per heavy atom. The van der Waals surface area contributed by atoms with Crippen LogP contribution >= 0.6 is 15.9 Å². The summed E-state index contributed by atoms with van der Waals surface area (Å²) in [5.74, 6) is -1.56. The van der Waals surface area contributed by atoms with Crippen LogP contribution in [-0.4, -0.2) is 50.5 Å². The molecule has 0 radical (unpaired) electrons. The molecule has 0 heterocycles. The number of rotatable bonds is 10. The summed E-state index contributed by atoms with van der Waals surface area (Å²) in [6, 6.07) is 6.33. The molecule has 1 N–H and O–H groups in total. The maximum absolute atomic E-state index is 12.7. The first kappa shape index (κ1) is 22.6. The molecule has 1 aromatic rings. The zero-order valence-electron chi connectivity index (χ0n) is 15.5. The quantitative estimate of drug-likeness (QED) is 0.598. The Hall–Kier alpha value is -1.41. The highest BCUT2D eigenvalue weighted by Crippen LogP contribution is 2.18. The Labute approximate surface area is 164 Å². The van der Waals surface area contributed by atoms with E-state index in [-0.39, 0.29) is 29.0 Å². The zero-order chi connectivity index (χ0) is 19.7. The van der Waals surface area contributed by atoms with E-state index in [0.717, 1.165) is 10.9 Å². The van der Waals surface area contributed by atoms with Gasteiger partial charge in [0.15, 0.2) is 9.84 Å². The maximum atomic E-state index is 12.7. The Balaban J connectivity index is 2.81. The molecule has 146 valence electrons. The lowest BCUT2D eigenvalue weighted by molar-refractivity contribution is -0.138. The van der Waals surface area contributed by atoms with Gasteiger partial charge in [-0.1, -0.05) is 36.7 Å². The van der Waals surface area contributed by atoms with Gasteiger partial charge in [0.2, 0.25) is 11.8 Å². The summed E-state index contributed by atoms with van der Waals surface area (Å²) in [6.45, 7) is 6.37. The molecule has 1 rings (SSSR count). The van der Waals surface area contributed by atoms with Crippen molar-refractivity contribution in [2.24, 2.45) is 5.92 Å². The minimum Gasteiger partial charge on any atom is -0.355 e. The van der Waals surface area contributed by atoms with Crippen LogP contribution in [0, 0.1) is 5.92 Å². The number of sulfone groups is 1. The van der Waals surface area contributed by atoms with E-state index in [1.807, 2.05) is 13.8 Å². The van der Waals surface area contributed by atoms with Gasteiger partial charge >= 0.3 is 0 Å². The lowest BCUT2D eigenvalue weighted by Crippen LogP contribution is -2.44. The molecular formula is C18H27BrN2O4S. The van der Waals surface area contributed by atoms with Crippen LogP contribution in [0.25, 0.3) is 0 Å². The van der Waals surface area contributed by atoms with E-state index in [1.54, 1.807) is 19.1 Å². The van der Waals surface area contributed by atoms with Crippen LogP contribution in [0.15, 0.2) is 33.6 Å². The van der Waals surface area contributed by atoms with E-state index in [4.69, 9.17) is 0 Å². The number of nitrogens with zero attached hydrogens (tertiary/aromatic N) is 1. The van der Waals surface area contributed by atoms with Crippen molar-refractivity contribution < 1.29 is 18.0 Å². The fourth-order valence-electron chi connectivity index (χ4n) is 2.48.